The summed E-state index contributed by atoms with van der Waals surface area (Å²) in [7, 11) is -2.98. The van der Waals surface area contributed by atoms with Crippen molar-refractivity contribution in [2.24, 2.45) is 0 Å². The summed E-state index contributed by atoms with van der Waals surface area (Å²) in [5.74, 6) is 0.430. The third kappa shape index (κ3) is 4.24. The minimum Gasteiger partial charge on any atom is -0.276 e. The van der Waals surface area contributed by atoms with Gasteiger partial charge in [0.05, 0.1) is 18.2 Å². The lowest BCUT2D eigenvalue weighted by Gasteiger charge is -2.27. The van der Waals surface area contributed by atoms with E-state index in [2.05, 4.69) is 22.1 Å². The molecule has 1 aliphatic rings. The quantitative estimate of drug-likeness (QED) is 0.580. The number of hydrogen-bond acceptors (Lipinski definition) is 5. The van der Waals surface area contributed by atoms with Crippen LogP contribution < -0.4 is 0 Å². The van der Waals surface area contributed by atoms with Crippen LogP contribution in [0, 0.1) is 4.77 Å². The van der Waals surface area contributed by atoms with Gasteiger partial charge in [-0.1, -0.05) is 48.5 Å². The average molecular weight is 415 g/mol. The Balaban J connectivity index is 1.61. The van der Waals surface area contributed by atoms with Crippen LogP contribution in [0.15, 0.2) is 67.0 Å². The van der Waals surface area contributed by atoms with Gasteiger partial charge in [0, 0.05) is 18.3 Å². The molecule has 6 nitrogen and oxygen atoms in total. The molecule has 0 amide bonds. The first-order chi connectivity index (χ1) is 13.5. The van der Waals surface area contributed by atoms with Gasteiger partial charge in [-0.3, -0.25) is 9.47 Å². The van der Waals surface area contributed by atoms with Crippen LogP contribution >= 0.6 is 12.2 Å². The van der Waals surface area contributed by atoms with E-state index in [0.717, 1.165) is 11.3 Å². The highest BCUT2D eigenvalue weighted by Crippen LogP contribution is 2.21. The second kappa shape index (κ2) is 7.98. The van der Waals surface area contributed by atoms with E-state index in [0.29, 0.717) is 24.4 Å². The molecule has 0 spiro atoms. The lowest BCUT2D eigenvalue weighted by atomic mass is 10.1. The molecule has 4 rings (SSSR count). The molecule has 28 heavy (non-hydrogen) atoms. The summed E-state index contributed by atoms with van der Waals surface area (Å²) in [6.45, 7) is 1.11. The summed E-state index contributed by atoms with van der Waals surface area (Å²) in [4.78, 5) is 2.16. The highest BCUT2D eigenvalue weighted by molar-refractivity contribution is 7.91. The highest BCUT2D eigenvalue weighted by Gasteiger charge is 2.32. The van der Waals surface area contributed by atoms with Crippen LogP contribution in [0.25, 0.3) is 5.69 Å². The van der Waals surface area contributed by atoms with E-state index in [1.165, 1.54) is 0 Å². The lowest BCUT2D eigenvalue weighted by Crippen LogP contribution is -2.37. The highest BCUT2D eigenvalue weighted by atomic mass is 32.2. The molecule has 1 fully saturated rings. The van der Waals surface area contributed by atoms with Crippen LogP contribution in [0.5, 0.6) is 0 Å². The van der Waals surface area contributed by atoms with Crippen molar-refractivity contribution >= 4 is 22.1 Å². The Kier molecular flexibility index (Phi) is 5.43. The van der Waals surface area contributed by atoms with Crippen LogP contribution in [0.3, 0.4) is 0 Å². The van der Waals surface area contributed by atoms with Crippen LogP contribution in [-0.4, -0.2) is 45.2 Å². The molecular weight excluding hydrogens is 392 g/mol. The summed E-state index contributed by atoms with van der Waals surface area (Å²) in [5.41, 5.74) is 2.10. The fourth-order valence-electron chi connectivity index (χ4n) is 3.55. The van der Waals surface area contributed by atoms with Gasteiger partial charge < -0.3 is 0 Å². The Morgan fingerprint density at radius 1 is 1.07 bits per heavy atom. The molecule has 2 heterocycles. The van der Waals surface area contributed by atoms with Crippen molar-refractivity contribution in [3.63, 3.8) is 0 Å². The van der Waals surface area contributed by atoms with Crippen molar-refractivity contribution in [1.82, 2.24) is 19.2 Å². The zero-order valence-electron chi connectivity index (χ0n) is 15.4. The largest absolute Gasteiger partial charge is 0.276 e. The van der Waals surface area contributed by atoms with Gasteiger partial charge in [0.25, 0.3) is 0 Å². The topological polar surface area (TPSA) is 60.1 Å². The molecule has 0 N–H and O–H groups in total. The standard InChI is InChI=1S/C20H22N4O2S2/c25-28(26)12-11-19(14-28)22(13-17-7-3-1-4-8-17)16-24-20(27)23(15-21-24)18-9-5-2-6-10-18/h1-10,15,19H,11-14,16H2. The molecule has 1 aliphatic heterocycles. The maximum absolute atomic E-state index is 12.0. The van der Waals surface area contributed by atoms with Gasteiger partial charge in [0.15, 0.2) is 9.84 Å². The van der Waals surface area contributed by atoms with Gasteiger partial charge in [-0.15, -0.1) is 0 Å². The van der Waals surface area contributed by atoms with Crippen LogP contribution in [0.2, 0.25) is 0 Å². The number of aromatic nitrogens is 3. The van der Waals surface area contributed by atoms with Crippen molar-refractivity contribution in [3.05, 3.63) is 77.3 Å². The predicted molar refractivity (Wildman–Crippen MR) is 111 cm³/mol. The van der Waals surface area contributed by atoms with Crippen molar-refractivity contribution in [2.75, 3.05) is 11.5 Å². The summed E-state index contributed by atoms with van der Waals surface area (Å²) >= 11 is 5.63. The fourth-order valence-corrected chi connectivity index (χ4v) is 5.57. The molecule has 146 valence electrons. The van der Waals surface area contributed by atoms with Crippen molar-refractivity contribution in [2.45, 2.75) is 25.7 Å². The van der Waals surface area contributed by atoms with Gasteiger partial charge in [-0.05, 0) is 36.3 Å². The van der Waals surface area contributed by atoms with Crippen molar-refractivity contribution < 1.29 is 8.42 Å². The first kappa shape index (κ1) is 19.0. The first-order valence-corrected chi connectivity index (χ1v) is 11.4. The van der Waals surface area contributed by atoms with Crippen LogP contribution in [-0.2, 0) is 23.1 Å². The minimum atomic E-state index is -2.98. The summed E-state index contributed by atoms with van der Waals surface area (Å²) in [6.07, 6.45) is 2.35. The molecule has 0 aliphatic carbocycles. The monoisotopic (exact) mass is 414 g/mol. The molecule has 8 heteroatoms. The van der Waals surface area contributed by atoms with E-state index in [1.807, 2.05) is 53.1 Å². The minimum absolute atomic E-state index is 0.0334. The molecule has 3 aromatic rings. The number of benzene rings is 2. The van der Waals surface area contributed by atoms with Crippen LogP contribution in [0.1, 0.15) is 12.0 Å². The van der Waals surface area contributed by atoms with Crippen molar-refractivity contribution in [1.29, 1.82) is 0 Å². The van der Waals surface area contributed by atoms with Gasteiger partial charge in [-0.2, -0.15) is 5.10 Å². The summed E-state index contributed by atoms with van der Waals surface area (Å²) in [6, 6.07) is 19.9. The molecule has 1 atom stereocenters. The van der Waals surface area contributed by atoms with Gasteiger partial charge in [0.1, 0.15) is 6.33 Å². The smallest absolute Gasteiger partial charge is 0.203 e. The fraction of sp³-hybridized carbons (Fsp3) is 0.300. The zero-order valence-corrected chi connectivity index (χ0v) is 17.0. The third-order valence-corrected chi connectivity index (χ3v) is 7.19. The molecule has 0 bridgehead atoms. The van der Waals surface area contributed by atoms with E-state index in [9.17, 15) is 8.42 Å². The Morgan fingerprint density at radius 2 is 1.75 bits per heavy atom. The maximum Gasteiger partial charge on any atom is 0.203 e. The van der Waals surface area contributed by atoms with Gasteiger partial charge in [-0.25, -0.2) is 13.1 Å². The normalized spacial score (nSPS) is 18.5. The SMILES string of the molecule is O=S1(=O)CCC(N(Cc2ccccc2)Cn2ncn(-c3ccccc3)c2=S)C1. The predicted octanol–water partition coefficient (Wildman–Crippen LogP) is 3.05. The molecule has 0 radical (unpaired) electrons. The van der Waals surface area contributed by atoms with Gasteiger partial charge >= 0.3 is 0 Å². The molecule has 0 saturated carbocycles. The Morgan fingerprint density at radius 3 is 2.39 bits per heavy atom. The third-order valence-electron chi connectivity index (χ3n) is 5.04. The lowest BCUT2D eigenvalue weighted by molar-refractivity contribution is 0.146. The number of nitrogens with zero attached hydrogens (tertiary/aromatic N) is 4. The summed E-state index contributed by atoms with van der Waals surface area (Å²) in [5, 5.41) is 4.47. The average Bonchev–Trinajstić information content (AvgIpc) is 3.25. The number of sulfone groups is 1. The Labute approximate surface area is 170 Å². The Hall–Kier alpha value is -2.29. The first-order valence-electron chi connectivity index (χ1n) is 9.20. The van der Waals surface area contributed by atoms with E-state index < -0.39 is 9.84 Å². The number of para-hydroxylation sites is 1. The second-order valence-corrected chi connectivity index (χ2v) is 9.64. The zero-order chi connectivity index (χ0) is 19.6. The van der Waals surface area contributed by atoms with E-state index in [1.54, 1.807) is 11.0 Å². The molecular formula is C20H22N4O2S2. The second-order valence-electron chi connectivity index (χ2n) is 7.05. The molecule has 1 saturated heterocycles. The van der Waals surface area contributed by atoms with E-state index >= 15 is 0 Å². The molecule has 2 aromatic carbocycles. The van der Waals surface area contributed by atoms with E-state index in [-0.39, 0.29) is 17.5 Å². The number of hydrogen-bond donors (Lipinski definition) is 0. The van der Waals surface area contributed by atoms with Gasteiger partial charge in [0.2, 0.25) is 4.77 Å². The molecule has 1 aromatic heterocycles. The van der Waals surface area contributed by atoms with E-state index in [4.69, 9.17) is 12.2 Å². The number of rotatable bonds is 6. The molecule has 1 unspecified atom stereocenters. The Bertz CT molecular complexity index is 1090. The summed E-state index contributed by atoms with van der Waals surface area (Å²) < 4.78 is 28.3. The van der Waals surface area contributed by atoms with Crippen molar-refractivity contribution in [3.8, 4) is 5.69 Å². The maximum atomic E-state index is 12.0. The van der Waals surface area contributed by atoms with Crippen LogP contribution in [0.4, 0.5) is 0 Å².